The van der Waals surface area contributed by atoms with Crippen molar-refractivity contribution in [3.8, 4) is 6.01 Å². The lowest BCUT2D eigenvalue weighted by molar-refractivity contribution is 0.163. The van der Waals surface area contributed by atoms with E-state index in [9.17, 15) is 8.78 Å². The molecule has 0 saturated heterocycles. The minimum atomic E-state index is -2.47. The van der Waals surface area contributed by atoms with Crippen LogP contribution >= 0.6 is 0 Å². The van der Waals surface area contributed by atoms with Gasteiger partial charge in [-0.05, 0) is 12.8 Å². The van der Waals surface area contributed by atoms with Gasteiger partial charge in [0.1, 0.15) is 0 Å². The molecule has 1 aromatic heterocycles. The minimum absolute atomic E-state index is 0.0833. The molecule has 0 aromatic carbocycles. The summed E-state index contributed by atoms with van der Waals surface area (Å²) >= 11 is 0. The first-order chi connectivity index (χ1) is 9.15. The third kappa shape index (κ3) is 6.12. The van der Waals surface area contributed by atoms with Crippen LogP contribution in [0, 0.1) is 0 Å². The van der Waals surface area contributed by atoms with E-state index in [1.807, 2.05) is 13.8 Å². The van der Waals surface area contributed by atoms with Crippen LogP contribution in [0.2, 0.25) is 0 Å². The molecule has 1 heterocycles. The summed E-state index contributed by atoms with van der Waals surface area (Å²) in [5.41, 5.74) is 0. The number of hydrogen-bond donors (Lipinski definition) is 2. The molecule has 0 radical (unpaired) electrons. The van der Waals surface area contributed by atoms with Crippen molar-refractivity contribution in [3.63, 3.8) is 0 Å². The molecule has 0 atom stereocenters. The number of hydrogen-bond acceptors (Lipinski definition) is 6. The first-order valence-corrected chi connectivity index (χ1v) is 6.30. The zero-order valence-electron chi connectivity index (χ0n) is 11.1. The van der Waals surface area contributed by atoms with Crippen molar-refractivity contribution in [2.24, 2.45) is 0 Å². The third-order valence-corrected chi connectivity index (χ3v) is 2.00. The lowest BCUT2D eigenvalue weighted by atomic mass is 10.5. The van der Waals surface area contributed by atoms with Crippen molar-refractivity contribution in [3.05, 3.63) is 0 Å². The molecule has 0 aliphatic heterocycles. The molecule has 1 aromatic rings. The number of anilines is 2. The molecule has 19 heavy (non-hydrogen) atoms. The van der Waals surface area contributed by atoms with Gasteiger partial charge < -0.3 is 15.4 Å². The molecule has 0 aliphatic rings. The van der Waals surface area contributed by atoms with Crippen LogP contribution in [-0.4, -0.2) is 41.1 Å². The fourth-order valence-corrected chi connectivity index (χ4v) is 1.18. The molecule has 0 bridgehead atoms. The highest BCUT2D eigenvalue weighted by Gasteiger charge is 2.09. The van der Waals surface area contributed by atoms with Crippen molar-refractivity contribution >= 4 is 11.9 Å². The van der Waals surface area contributed by atoms with Gasteiger partial charge in [-0.1, -0.05) is 13.8 Å². The van der Waals surface area contributed by atoms with Gasteiger partial charge in [0.05, 0.1) is 13.2 Å². The molecule has 0 spiro atoms. The lowest BCUT2D eigenvalue weighted by Crippen LogP contribution is -2.15. The van der Waals surface area contributed by atoms with E-state index < -0.39 is 13.0 Å². The highest BCUT2D eigenvalue weighted by molar-refractivity contribution is 5.35. The van der Waals surface area contributed by atoms with Gasteiger partial charge in [0.2, 0.25) is 11.9 Å². The van der Waals surface area contributed by atoms with Gasteiger partial charge in [-0.25, -0.2) is 8.78 Å². The van der Waals surface area contributed by atoms with E-state index in [4.69, 9.17) is 4.74 Å². The summed E-state index contributed by atoms with van der Waals surface area (Å²) in [5, 5.41) is 5.41. The van der Waals surface area contributed by atoms with Crippen molar-refractivity contribution < 1.29 is 13.5 Å². The Morgan fingerprint density at radius 3 is 2.32 bits per heavy atom. The maximum absolute atomic E-state index is 12.1. The number of ether oxygens (including phenoxy) is 1. The summed E-state index contributed by atoms with van der Waals surface area (Å²) < 4.78 is 29.6. The summed E-state index contributed by atoms with van der Waals surface area (Å²) in [6, 6.07) is 0.132. The van der Waals surface area contributed by atoms with E-state index in [0.717, 1.165) is 12.8 Å². The Balaban J connectivity index is 2.75. The SMILES string of the molecule is CCCNc1nc(NCC(F)F)nc(OCCC)n1. The highest BCUT2D eigenvalue weighted by Crippen LogP contribution is 2.12. The maximum atomic E-state index is 12.1. The van der Waals surface area contributed by atoms with E-state index >= 15 is 0 Å². The number of alkyl halides is 2. The Bertz CT molecular complexity index is 352. The first kappa shape index (κ1) is 15.3. The highest BCUT2D eigenvalue weighted by atomic mass is 19.3. The molecule has 6 nitrogen and oxygen atoms in total. The molecular weight excluding hydrogens is 256 g/mol. The maximum Gasteiger partial charge on any atom is 0.323 e. The predicted molar refractivity (Wildman–Crippen MR) is 68.9 cm³/mol. The van der Waals surface area contributed by atoms with Gasteiger partial charge in [-0.2, -0.15) is 15.0 Å². The second-order valence-electron chi connectivity index (χ2n) is 3.81. The fraction of sp³-hybridized carbons (Fsp3) is 0.727. The average molecular weight is 275 g/mol. The Labute approximate surface area is 111 Å². The number of halogens is 2. The summed E-state index contributed by atoms with van der Waals surface area (Å²) in [7, 11) is 0. The van der Waals surface area contributed by atoms with Gasteiger partial charge in [-0.3, -0.25) is 0 Å². The molecule has 0 unspecified atom stereocenters. The van der Waals surface area contributed by atoms with E-state index in [1.165, 1.54) is 0 Å². The minimum Gasteiger partial charge on any atom is -0.463 e. The van der Waals surface area contributed by atoms with Gasteiger partial charge in [0.15, 0.2) is 0 Å². The molecule has 0 amide bonds. The van der Waals surface area contributed by atoms with Crippen molar-refractivity contribution in [2.45, 2.75) is 33.1 Å². The topological polar surface area (TPSA) is 72.0 Å². The third-order valence-electron chi connectivity index (χ3n) is 2.00. The molecule has 1 rings (SSSR count). The second-order valence-corrected chi connectivity index (χ2v) is 3.81. The van der Waals surface area contributed by atoms with Gasteiger partial charge in [0, 0.05) is 6.54 Å². The van der Waals surface area contributed by atoms with Gasteiger partial charge in [0.25, 0.3) is 6.43 Å². The first-order valence-electron chi connectivity index (χ1n) is 6.30. The Morgan fingerprint density at radius 2 is 1.74 bits per heavy atom. The van der Waals surface area contributed by atoms with E-state index in [-0.39, 0.29) is 12.0 Å². The van der Waals surface area contributed by atoms with E-state index in [2.05, 4.69) is 25.6 Å². The summed E-state index contributed by atoms with van der Waals surface area (Å²) in [5.74, 6) is 0.403. The molecule has 0 fully saturated rings. The van der Waals surface area contributed by atoms with Crippen LogP contribution in [0.15, 0.2) is 0 Å². The van der Waals surface area contributed by atoms with Crippen molar-refractivity contribution in [1.29, 1.82) is 0 Å². The van der Waals surface area contributed by atoms with Crippen LogP contribution in [0.5, 0.6) is 6.01 Å². The predicted octanol–water partition coefficient (Wildman–Crippen LogP) is 2.16. The monoisotopic (exact) mass is 275 g/mol. The van der Waals surface area contributed by atoms with Crippen LogP contribution in [0.4, 0.5) is 20.7 Å². The quantitative estimate of drug-likeness (QED) is 0.719. The van der Waals surface area contributed by atoms with Crippen molar-refractivity contribution in [2.75, 3.05) is 30.3 Å². The molecule has 108 valence electrons. The van der Waals surface area contributed by atoms with Crippen LogP contribution in [0.3, 0.4) is 0 Å². The normalized spacial score (nSPS) is 10.6. The Morgan fingerprint density at radius 1 is 1.05 bits per heavy atom. The number of nitrogens with one attached hydrogen (secondary N) is 2. The summed E-state index contributed by atoms with van der Waals surface area (Å²) in [4.78, 5) is 12.0. The van der Waals surface area contributed by atoms with Gasteiger partial charge in [-0.15, -0.1) is 0 Å². The largest absolute Gasteiger partial charge is 0.463 e. The Kier molecular flexibility index (Phi) is 6.76. The van der Waals surface area contributed by atoms with Crippen molar-refractivity contribution in [1.82, 2.24) is 15.0 Å². The zero-order chi connectivity index (χ0) is 14.1. The molecule has 0 aliphatic carbocycles. The summed E-state index contributed by atoms with van der Waals surface area (Å²) in [6.07, 6.45) is -0.761. The van der Waals surface area contributed by atoms with Gasteiger partial charge >= 0.3 is 6.01 Å². The smallest absolute Gasteiger partial charge is 0.323 e. The standard InChI is InChI=1S/C11H19F2N5O/c1-3-5-14-9-16-10(15-7-8(12)13)18-11(17-9)19-6-4-2/h8H,3-7H2,1-2H3,(H2,14,15,16,17,18). The number of aromatic nitrogens is 3. The van der Waals surface area contributed by atoms with Crippen LogP contribution in [0.1, 0.15) is 26.7 Å². The summed E-state index contributed by atoms with van der Waals surface area (Å²) in [6.45, 7) is 4.59. The van der Waals surface area contributed by atoms with E-state index in [1.54, 1.807) is 0 Å². The average Bonchev–Trinajstić information content (AvgIpc) is 2.40. The van der Waals surface area contributed by atoms with Crippen LogP contribution in [-0.2, 0) is 0 Å². The molecular formula is C11H19F2N5O. The van der Waals surface area contributed by atoms with E-state index in [0.29, 0.717) is 19.1 Å². The molecule has 8 heteroatoms. The van der Waals surface area contributed by atoms with Crippen LogP contribution in [0.25, 0.3) is 0 Å². The zero-order valence-corrected chi connectivity index (χ0v) is 11.1. The second kappa shape index (κ2) is 8.39. The Hall–Kier alpha value is -1.73. The molecule has 2 N–H and O–H groups in total. The number of rotatable bonds is 9. The lowest BCUT2D eigenvalue weighted by Gasteiger charge is -2.09. The number of nitrogens with zero attached hydrogens (tertiary/aromatic N) is 3. The van der Waals surface area contributed by atoms with Crippen LogP contribution < -0.4 is 15.4 Å². The fourth-order valence-electron chi connectivity index (χ4n) is 1.18. The molecule has 0 saturated carbocycles.